The van der Waals surface area contributed by atoms with Gasteiger partial charge in [0.25, 0.3) is 5.56 Å². The molecule has 0 aliphatic rings. The highest BCUT2D eigenvalue weighted by molar-refractivity contribution is 5.79. The van der Waals surface area contributed by atoms with Gasteiger partial charge in [-0.2, -0.15) is 0 Å². The van der Waals surface area contributed by atoms with Crippen LogP contribution in [-0.2, 0) is 25.4 Å². The lowest BCUT2D eigenvalue weighted by molar-refractivity contribution is -0.121. The van der Waals surface area contributed by atoms with Gasteiger partial charge in [-0.15, -0.1) is 0 Å². The van der Waals surface area contributed by atoms with Gasteiger partial charge in [0, 0.05) is 14.1 Å². The number of carbonyl (C=O) groups is 1. The fraction of sp³-hybridized carbons (Fsp3) is 0.263. The summed E-state index contributed by atoms with van der Waals surface area (Å²) in [5.74, 6) is 6.13. The SMILES string of the molecule is COc1ccccc1C#CCNC(=O)Cn1cnc2c1c(=O)n(C)c(=O)n2C. The zero-order valence-corrected chi connectivity index (χ0v) is 15.7. The summed E-state index contributed by atoms with van der Waals surface area (Å²) in [7, 11) is 4.47. The third-order valence-corrected chi connectivity index (χ3v) is 4.24. The second-order valence-electron chi connectivity index (χ2n) is 6.03. The number of ether oxygens (including phenoxy) is 1. The Morgan fingerprint density at radius 2 is 1.96 bits per heavy atom. The lowest BCUT2D eigenvalue weighted by Gasteiger charge is -2.06. The molecule has 9 nitrogen and oxygen atoms in total. The topological polar surface area (TPSA) is 100 Å². The number of nitrogens with one attached hydrogen (secondary N) is 1. The van der Waals surface area contributed by atoms with Crippen LogP contribution in [-0.4, -0.2) is 38.2 Å². The minimum atomic E-state index is -0.501. The Hall–Kier alpha value is -3.80. The second kappa shape index (κ2) is 7.84. The molecule has 0 saturated carbocycles. The smallest absolute Gasteiger partial charge is 0.332 e. The number of imidazole rings is 1. The van der Waals surface area contributed by atoms with E-state index in [1.54, 1.807) is 13.2 Å². The van der Waals surface area contributed by atoms with Crippen LogP contribution in [0.25, 0.3) is 11.2 Å². The number of benzene rings is 1. The molecule has 0 spiro atoms. The van der Waals surface area contributed by atoms with Gasteiger partial charge >= 0.3 is 5.69 Å². The van der Waals surface area contributed by atoms with Gasteiger partial charge in [0.2, 0.25) is 5.91 Å². The molecule has 3 rings (SSSR count). The number of aryl methyl sites for hydroxylation is 1. The van der Waals surface area contributed by atoms with Gasteiger partial charge < -0.3 is 14.6 Å². The van der Waals surface area contributed by atoms with E-state index < -0.39 is 11.2 Å². The van der Waals surface area contributed by atoms with Crippen LogP contribution in [0.4, 0.5) is 0 Å². The van der Waals surface area contributed by atoms with Gasteiger partial charge in [-0.05, 0) is 12.1 Å². The number of hydrogen-bond acceptors (Lipinski definition) is 5. The number of rotatable bonds is 4. The van der Waals surface area contributed by atoms with Gasteiger partial charge in [-0.25, -0.2) is 9.78 Å². The molecular formula is C19H19N5O4. The van der Waals surface area contributed by atoms with E-state index in [9.17, 15) is 14.4 Å². The molecule has 28 heavy (non-hydrogen) atoms. The summed E-state index contributed by atoms with van der Waals surface area (Å²) in [6, 6.07) is 7.33. The summed E-state index contributed by atoms with van der Waals surface area (Å²) in [6.45, 7) is 0.0281. The highest BCUT2D eigenvalue weighted by atomic mass is 16.5. The Morgan fingerprint density at radius 3 is 2.71 bits per heavy atom. The monoisotopic (exact) mass is 381 g/mol. The van der Waals surface area contributed by atoms with Crippen molar-refractivity contribution in [3.05, 3.63) is 57.0 Å². The van der Waals surface area contributed by atoms with Gasteiger partial charge in [0.05, 0.1) is 25.5 Å². The predicted molar refractivity (Wildman–Crippen MR) is 103 cm³/mol. The highest BCUT2D eigenvalue weighted by Crippen LogP contribution is 2.15. The Labute approximate surface area is 160 Å². The van der Waals surface area contributed by atoms with E-state index in [4.69, 9.17) is 4.74 Å². The fourth-order valence-corrected chi connectivity index (χ4v) is 2.76. The Kier molecular flexibility index (Phi) is 5.31. The van der Waals surface area contributed by atoms with Crippen molar-refractivity contribution in [1.29, 1.82) is 0 Å². The van der Waals surface area contributed by atoms with Crippen molar-refractivity contribution in [2.75, 3.05) is 13.7 Å². The summed E-state index contributed by atoms with van der Waals surface area (Å²) in [5, 5.41) is 2.67. The molecule has 144 valence electrons. The van der Waals surface area contributed by atoms with Gasteiger partial charge in [0.1, 0.15) is 12.3 Å². The Bertz CT molecular complexity index is 1220. The number of carbonyl (C=O) groups excluding carboxylic acids is 1. The van der Waals surface area contributed by atoms with E-state index in [2.05, 4.69) is 22.1 Å². The molecule has 2 heterocycles. The molecule has 2 aromatic heterocycles. The number of para-hydroxylation sites is 1. The van der Waals surface area contributed by atoms with Crippen molar-refractivity contribution in [3.8, 4) is 17.6 Å². The zero-order valence-electron chi connectivity index (χ0n) is 15.7. The van der Waals surface area contributed by atoms with Gasteiger partial charge in [0.15, 0.2) is 11.2 Å². The van der Waals surface area contributed by atoms with Gasteiger partial charge in [-0.3, -0.25) is 18.7 Å². The lowest BCUT2D eigenvalue weighted by atomic mass is 10.2. The van der Waals surface area contributed by atoms with Crippen LogP contribution < -0.4 is 21.3 Å². The van der Waals surface area contributed by atoms with E-state index >= 15 is 0 Å². The van der Waals surface area contributed by atoms with Crippen molar-refractivity contribution in [2.45, 2.75) is 6.54 Å². The maximum Gasteiger partial charge on any atom is 0.332 e. The molecule has 3 aromatic rings. The highest BCUT2D eigenvalue weighted by Gasteiger charge is 2.15. The first-order chi connectivity index (χ1) is 13.4. The summed E-state index contributed by atoms with van der Waals surface area (Å²) < 4.78 is 8.89. The summed E-state index contributed by atoms with van der Waals surface area (Å²) >= 11 is 0. The number of methoxy groups -OCH3 is 1. The average molecular weight is 381 g/mol. The summed E-state index contributed by atoms with van der Waals surface area (Å²) in [6.07, 6.45) is 1.37. The summed E-state index contributed by atoms with van der Waals surface area (Å²) in [5.41, 5.74) is 0.180. The first-order valence-electron chi connectivity index (χ1n) is 8.43. The van der Waals surface area contributed by atoms with Crippen LogP contribution in [0.2, 0.25) is 0 Å². The van der Waals surface area contributed by atoms with Crippen molar-refractivity contribution in [1.82, 2.24) is 24.0 Å². The van der Waals surface area contributed by atoms with E-state index in [0.717, 1.165) is 10.1 Å². The zero-order chi connectivity index (χ0) is 20.3. The first-order valence-corrected chi connectivity index (χ1v) is 8.43. The molecule has 1 N–H and O–H groups in total. The van der Waals surface area contributed by atoms with E-state index in [1.165, 1.54) is 29.6 Å². The Morgan fingerprint density at radius 1 is 1.21 bits per heavy atom. The number of fused-ring (bicyclic) bond motifs is 1. The summed E-state index contributed by atoms with van der Waals surface area (Å²) in [4.78, 5) is 40.6. The molecule has 0 unspecified atom stereocenters. The van der Waals surface area contributed by atoms with Crippen LogP contribution in [0.5, 0.6) is 5.75 Å². The largest absolute Gasteiger partial charge is 0.495 e. The molecule has 0 radical (unpaired) electrons. The van der Waals surface area contributed by atoms with Crippen LogP contribution in [0, 0.1) is 11.8 Å². The molecule has 0 atom stereocenters. The van der Waals surface area contributed by atoms with Crippen LogP contribution in [0.15, 0.2) is 40.2 Å². The van der Waals surface area contributed by atoms with Crippen LogP contribution >= 0.6 is 0 Å². The van der Waals surface area contributed by atoms with Crippen LogP contribution in [0.3, 0.4) is 0 Å². The molecule has 1 aromatic carbocycles. The van der Waals surface area contributed by atoms with Crippen molar-refractivity contribution in [3.63, 3.8) is 0 Å². The number of aromatic nitrogens is 4. The predicted octanol–water partition coefficient (Wildman–Crippen LogP) is -0.390. The normalized spacial score (nSPS) is 10.4. The van der Waals surface area contributed by atoms with Crippen molar-refractivity contribution in [2.24, 2.45) is 14.1 Å². The molecule has 0 bridgehead atoms. The molecule has 0 aliphatic heterocycles. The van der Waals surface area contributed by atoms with Crippen molar-refractivity contribution < 1.29 is 9.53 Å². The molecule has 1 amide bonds. The van der Waals surface area contributed by atoms with Crippen LogP contribution in [0.1, 0.15) is 5.56 Å². The fourth-order valence-electron chi connectivity index (χ4n) is 2.76. The maximum absolute atomic E-state index is 12.4. The first kappa shape index (κ1) is 19.0. The minimum Gasteiger partial charge on any atom is -0.495 e. The Balaban J connectivity index is 1.72. The molecular weight excluding hydrogens is 362 g/mol. The van der Waals surface area contributed by atoms with Crippen molar-refractivity contribution >= 4 is 17.1 Å². The lowest BCUT2D eigenvalue weighted by Crippen LogP contribution is -2.38. The molecule has 0 fully saturated rings. The third kappa shape index (κ3) is 3.53. The average Bonchev–Trinajstić information content (AvgIpc) is 3.12. The maximum atomic E-state index is 12.4. The van der Waals surface area contributed by atoms with Gasteiger partial charge in [-0.1, -0.05) is 24.0 Å². The van der Waals surface area contributed by atoms with E-state index in [-0.39, 0.29) is 30.2 Å². The van der Waals surface area contributed by atoms with E-state index in [1.807, 2.05) is 18.2 Å². The minimum absolute atomic E-state index is 0.111. The number of nitrogens with zero attached hydrogens (tertiary/aromatic N) is 4. The second-order valence-corrected chi connectivity index (χ2v) is 6.03. The molecule has 9 heteroatoms. The quantitative estimate of drug-likeness (QED) is 0.621. The number of hydrogen-bond donors (Lipinski definition) is 1. The number of amides is 1. The molecule has 0 saturated heterocycles. The third-order valence-electron chi connectivity index (χ3n) is 4.24. The van der Waals surface area contributed by atoms with E-state index in [0.29, 0.717) is 5.75 Å². The standard InChI is InChI=1S/C19H19N5O4/c1-22-17-16(18(26)23(2)19(22)27)24(12-21-17)11-15(25)20-10-6-8-13-7-4-5-9-14(13)28-3/h4-5,7,9,12H,10-11H2,1-3H3,(H,20,25). The molecule has 0 aliphatic carbocycles.